The van der Waals surface area contributed by atoms with Gasteiger partial charge in [0.25, 0.3) is 5.91 Å². The van der Waals surface area contributed by atoms with Crippen LogP contribution >= 0.6 is 0 Å². The van der Waals surface area contributed by atoms with Crippen LogP contribution in [-0.2, 0) is 10.9 Å². The maximum atomic E-state index is 13.5. The lowest BCUT2D eigenvalue weighted by molar-refractivity contribution is -0.137. The van der Waals surface area contributed by atoms with Crippen LogP contribution in [-0.4, -0.2) is 42.3 Å². The minimum atomic E-state index is -4.67. The van der Waals surface area contributed by atoms with Gasteiger partial charge in [0.1, 0.15) is 22.8 Å². The number of anilines is 1. The maximum absolute atomic E-state index is 13.5. The second-order valence-electron chi connectivity index (χ2n) is 11.0. The van der Waals surface area contributed by atoms with E-state index in [2.05, 4.69) is 25.4 Å². The second kappa shape index (κ2) is 11.1. The number of halogens is 3. The van der Waals surface area contributed by atoms with E-state index in [1.165, 1.54) is 0 Å². The molecule has 2 N–H and O–H groups in total. The molecule has 0 aliphatic carbocycles. The van der Waals surface area contributed by atoms with E-state index in [1.807, 2.05) is 24.3 Å². The zero-order valence-corrected chi connectivity index (χ0v) is 24.1. The van der Waals surface area contributed by atoms with Crippen LogP contribution in [0.3, 0.4) is 0 Å². The standard InChI is InChI=1S/C32H25F3N6O4/c1-31(2,3)45-30(43)41-26-13-8-18(32(33,34)35)16-22(26)27(40-41)29(42)37-19-9-11-20(12-10-19)44-21-14-15-36-25(17-21)28-38-23-6-4-5-7-24(23)39-28/h4-17H,1-3H3,(H,37,42)(H,38,39). The topological polar surface area (TPSA) is 124 Å². The van der Waals surface area contributed by atoms with Crippen LogP contribution < -0.4 is 10.1 Å². The third-order valence-electron chi connectivity index (χ3n) is 6.50. The number of hydrogen-bond donors (Lipinski definition) is 2. The van der Waals surface area contributed by atoms with Gasteiger partial charge in [-0.25, -0.2) is 9.78 Å². The molecule has 3 aromatic heterocycles. The predicted octanol–water partition coefficient (Wildman–Crippen LogP) is 7.82. The first-order valence-electron chi connectivity index (χ1n) is 13.7. The van der Waals surface area contributed by atoms with Crippen molar-refractivity contribution in [1.82, 2.24) is 24.7 Å². The lowest BCUT2D eigenvalue weighted by atomic mass is 10.1. The molecule has 3 aromatic carbocycles. The molecule has 228 valence electrons. The fourth-order valence-corrected chi connectivity index (χ4v) is 4.52. The van der Waals surface area contributed by atoms with Crippen molar-refractivity contribution in [3.05, 3.63) is 96.3 Å². The van der Waals surface area contributed by atoms with Gasteiger partial charge in [0.2, 0.25) is 0 Å². The molecule has 0 aliphatic rings. The summed E-state index contributed by atoms with van der Waals surface area (Å²) in [4.78, 5) is 38.2. The van der Waals surface area contributed by atoms with Crippen molar-refractivity contribution in [3.63, 3.8) is 0 Å². The van der Waals surface area contributed by atoms with Crippen LogP contribution in [0.5, 0.6) is 11.5 Å². The molecule has 0 bridgehead atoms. The molecule has 1 amide bonds. The van der Waals surface area contributed by atoms with Gasteiger partial charge in [-0.2, -0.15) is 23.0 Å². The van der Waals surface area contributed by atoms with Gasteiger partial charge in [0.15, 0.2) is 11.5 Å². The normalized spacial score (nSPS) is 12.0. The van der Waals surface area contributed by atoms with Crippen LogP contribution in [0.2, 0.25) is 0 Å². The summed E-state index contributed by atoms with van der Waals surface area (Å²) < 4.78 is 52.5. The minimum absolute atomic E-state index is 0.00878. The van der Waals surface area contributed by atoms with E-state index >= 15 is 0 Å². The summed E-state index contributed by atoms with van der Waals surface area (Å²) in [6.07, 6.45) is -4.02. The molecule has 0 unspecified atom stereocenters. The monoisotopic (exact) mass is 614 g/mol. The number of aromatic amines is 1. The molecular weight excluding hydrogens is 589 g/mol. The molecule has 13 heteroatoms. The summed E-state index contributed by atoms with van der Waals surface area (Å²) >= 11 is 0. The lowest BCUT2D eigenvalue weighted by Gasteiger charge is -2.19. The first kappa shape index (κ1) is 29.4. The summed E-state index contributed by atoms with van der Waals surface area (Å²) in [7, 11) is 0. The van der Waals surface area contributed by atoms with Crippen molar-refractivity contribution < 1.29 is 32.2 Å². The van der Waals surface area contributed by atoms with E-state index in [0.29, 0.717) is 28.7 Å². The fourth-order valence-electron chi connectivity index (χ4n) is 4.52. The number of pyridine rings is 1. The first-order chi connectivity index (χ1) is 21.3. The molecule has 0 saturated carbocycles. The van der Waals surface area contributed by atoms with Gasteiger partial charge >= 0.3 is 12.3 Å². The number of aromatic nitrogens is 5. The number of carbonyl (C=O) groups is 2. The quantitative estimate of drug-likeness (QED) is 0.203. The third kappa shape index (κ3) is 6.32. The van der Waals surface area contributed by atoms with Gasteiger partial charge in [0.05, 0.1) is 22.1 Å². The highest BCUT2D eigenvalue weighted by atomic mass is 19.4. The number of benzene rings is 3. The van der Waals surface area contributed by atoms with Crippen LogP contribution in [0, 0.1) is 0 Å². The molecule has 0 saturated heterocycles. The minimum Gasteiger partial charge on any atom is -0.457 e. The molecule has 0 aliphatic heterocycles. The van der Waals surface area contributed by atoms with Crippen molar-refractivity contribution in [1.29, 1.82) is 0 Å². The number of carbonyl (C=O) groups excluding carboxylic acids is 2. The Balaban J connectivity index is 1.22. The zero-order chi connectivity index (χ0) is 31.9. The highest BCUT2D eigenvalue weighted by molar-refractivity contribution is 6.12. The van der Waals surface area contributed by atoms with Gasteiger partial charge < -0.3 is 19.8 Å². The van der Waals surface area contributed by atoms with E-state index in [-0.39, 0.29) is 16.6 Å². The number of nitrogens with zero attached hydrogens (tertiary/aromatic N) is 4. The Bertz CT molecular complexity index is 2030. The lowest BCUT2D eigenvalue weighted by Crippen LogP contribution is -2.28. The predicted molar refractivity (Wildman–Crippen MR) is 160 cm³/mol. The van der Waals surface area contributed by atoms with Crippen molar-refractivity contribution in [2.45, 2.75) is 32.5 Å². The molecule has 6 aromatic rings. The number of amides is 1. The van der Waals surface area contributed by atoms with Gasteiger partial charge in [-0.1, -0.05) is 12.1 Å². The Morgan fingerprint density at radius 3 is 2.38 bits per heavy atom. The molecule has 0 spiro atoms. The van der Waals surface area contributed by atoms with Gasteiger partial charge in [-0.15, -0.1) is 0 Å². The fraction of sp³-hybridized carbons (Fsp3) is 0.156. The number of ether oxygens (including phenoxy) is 2. The number of alkyl halides is 3. The van der Waals surface area contributed by atoms with Crippen molar-refractivity contribution in [2.24, 2.45) is 0 Å². The Kier molecular flexibility index (Phi) is 7.23. The number of imidazole rings is 1. The summed E-state index contributed by atoms with van der Waals surface area (Å²) in [6.45, 7) is 4.90. The molecule has 10 nitrogen and oxygen atoms in total. The molecule has 0 fully saturated rings. The van der Waals surface area contributed by atoms with Crippen molar-refractivity contribution in [3.8, 4) is 23.0 Å². The van der Waals surface area contributed by atoms with Crippen molar-refractivity contribution in [2.75, 3.05) is 5.32 Å². The SMILES string of the molecule is CC(C)(C)OC(=O)n1nc(C(=O)Nc2ccc(Oc3ccnc(-c4nc5ccccc5[nH]4)c3)cc2)c2cc(C(F)(F)F)ccc21. The Labute approximate surface area is 253 Å². The average molecular weight is 615 g/mol. The number of hydrogen-bond acceptors (Lipinski definition) is 7. The zero-order valence-electron chi connectivity index (χ0n) is 24.1. The number of para-hydroxylation sites is 2. The number of fused-ring (bicyclic) bond motifs is 2. The Morgan fingerprint density at radius 1 is 0.911 bits per heavy atom. The number of rotatable bonds is 5. The van der Waals surface area contributed by atoms with E-state index in [4.69, 9.17) is 9.47 Å². The third-order valence-corrected chi connectivity index (χ3v) is 6.50. The molecule has 3 heterocycles. The highest BCUT2D eigenvalue weighted by Crippen LogP contribution is 2.33. The summed E-state index contributed by atoms with van der Waals surface area (Å²) in [5.41, 5.74) is 0.304. The van der Waals surface area contributed by atoms with Crippen LogP contribution in [0.25, 0.3) is 33.5 Å². The van der Waals surface area contributed by atoms with Gasteiger partial charge in [-0.05, 0) is 81.4 Å². The van der Waals surface area contributed by atoms with E-state index in [1.54, 1.807) is 63.4 Å². The first-order valence-corrected chi connectivity index (χ1v) is 13.7. The highest BCUT2D eigenvalue weighted by Gasteiger charge is 2.33. The Morgan fingerprint density at radius 2 is 1.67 bits per heavy atom. The van der Waals surface area contributed by atoms with E-state index < -0.39 is 29.3 Å². The summed E-state index contributed by atoms with van der Waals surface area (Å²) in [5.74, 6) is 0.713. The Hall–Kier alpha value is -5.72. The van der Waals surface area contributed by atoms with Gasteiger partial charge in [-0.3, -0.25) is 9.78 Å². The van der Waals surface area contributed by atoms with Gasteiger partial charge in [0, 0.05) is 23.3 Å². The van der Waals surface area contributed by atoms with E-state index in [9.17, 15) is 22.8 Å². The molecule has 0 atom stereocenters. The maximum Gasteiger partial charge on any atom is 0.435 e. The summed E-state index contributed by atoms with van der Waals surface area (Å²) in [6, 6.07) is 20.0. The molecular formula is C32H25F3N6O4. The molecule has 6 rings (SSSR count). The van der Waals surface area contributed by atoms with Crippen LogP contribution in [0.15, 0.2) is 85.1 Å². The average Bonchev–Trinajstić information content (AvgIpc) is 3.59. The van der Waals surface area contributed by atoms with Crippen molar-refractivity contribution >= 4 is 39.6 Å². The summed E-state index contributed by atoms with van der Waals surface area (Å²) in [5, 5.41) is 6.49. The smallest absolute Gasteiger partial charge is 0.435 e. The molecule has 0 radical (unpaired) electrons. The van der Waals surface area contributed by atoms with E-state index in [0.717, 1.165) is 33.9 Å². The largest absolute Gasteiger partial charge is 0.457 e. The second-order valence-corrected chi connectivity index (χ2v) is 11.0. The number of H-pyrrole nitrogens is 1. The van der Waals surface area contributed by atoms with Crippen LogP contribution in [0.1, 0.15) is 36.8 Å². The molecule has 45 heavy (non-hydrogen) atoms. The van der Waals surface area contributed by atoms with Crippen LogP contribution in [0.4, 0.5) is 23.7 Å². The number of nitrogens with one attached hydrogen (secondary N) is 2.